The quantitative estimate of drug-likeness (QED) is 0.811. The van der Waals surface area contributed by atoms with Gasteiger partial charge in [-0.25, -0.2) is 0 Å². The van der Waals surface area contributed by atoms with Crippen molar-refractivity contribution in [2.75, 3.05) is 18.7 Å². The van der Waals surface area contributed by atoms with E-state index in [-0.39, 0.29) is 5.91 Å². The maximum absolute atomic E-state index is 12.4. The largest absolute Gasteiger partial charge is 0.493 e. The highest BCUT2D eigenvalue weighted by atomic mass is 32.2. The minimum Gasteiger partial charge on any atom is -0.493 e. The van der Waals surface area contributed by atoms with Crippen LogP contribution < -0.4 is 14.8 Å². The molecule has 1 amide bonds. The summed E-state index contributed by atoms with van der Waals surface area (Å²) in [6, 6.07) is 14.4. The van der Waals surface area contributed by atoms with E-state index >= 15 is 0 Å². The van der Waals surface area contributed by atoms with Crippen molar-refractivity contribution < 1.29 is 14.3 Å². The number of hydrogen-bond acceptors (Lipinski definition) is 5. The van der Waals surface area contributed by atoms with Crippen LogP contribution >= 0.6 is 11.8 Å². The number of hydrogen-bond donors (Lipinski definition) is 1. The minimum atomic E-state index is -0.721. The highest BCUT2D eigenvalue weighted by molar-refractivity contribution is 7.98. The van der Waals surface area contributed by atoms with Gasteiger partial charge in [0.25, 0.3) is 5.91 Å². The highest BCUT2D eigenvalue weighted by Crippen LogP contribution is 2.29. The van der Waals surface area contributed by atoms with Gasteiger partial charge in [-0.15, -0.1) is 11.8 Å². The van der Waals surface area contributed by atoms with Gasteiger partial charge in [0.15, 0.2) is 17.6 Å². The van der Waals surface area contributed by atoms with E-state index in [1.165, 1.54) is 7.11 Å². The number of amides is 1. The van der Waals surface area contributed by atoms with Gasteiger partial charge < -0.3 is 14.8 Å². The van der Waals surface area contributed by atoms with Gasteiger partial charge in [0.2, 0.25) is 0 Å². The van der Waals surface area contributed by atoms with Gasteiger partial charge in [-0.1, -0.05) is 12.1 Å². The number of thioether (sulfide) groups is 1. The van der Waals surface area contributed by atoms with E-state index in [1.807, 2.05) is 36.6 Å². The van der Waals surface area contributed by atoms with Crippen LogP contribution in [0.4, 0.5) is 5.69 Å². The number of nitrogens with one attached hydrogen (secondary N) is 1. The Labute approximate surface area is 145 Å². The van der Waals surface area contributed by atoms with Crippen molar-refractivity contribution in [1.29, 1.82) is 5.26 Å². The SMILES string of the molecule is COc1cc(C#N)ccc1OC(C)C(=O)Nc1ccccc1SC. The molecule has 0 spiro atoms. The fraction of sp³-hybridized carbons (Fsp3) is 0.222. The molecule has 0 aliphatic carbocycles. The molecular weight excluding hydrogens is 324 g/mol. The normalized spacial score (nSPS) is 11.2. The summed E-state index contributed by atoms with van der Waals surface area (Å²) in [6.07, 6.45) is 1.23. The summed E-state index contributed by atoms with van der Waals surface area (Å²) >= 11 is 1.56. The molecule has 24 heavy (non-hydrogen) atoms. The van der Waals surface area contributed by atoms with Gasteiger partial charge in [0.05, 0.1) is 24.4 Å². The average Bonchev–Trinajstić information content (AvgIpc) is 2.62. The second kappa shape index (κ2) is 8.27. The molecule has 124 valence electrons. The maximum Gasteiger partial charge on any atom is 0.265 e. The molecule has 1 N–H and O–H groups in total. The second-order valence-corrected chi connectivity index (χ2v) is 5.78. The van der Waals surface area contributed by atoms with Crippen LogP contribution in [0.5, 0.6) is 11.5 Å². The number of benzene rings is 2. The van der Waals surface area contributed by atoms with E-state index in [9.17, 15) is 4.79 Å². The lowest BCUT2D eigenvalue weighted by Crippen LogP contribution is -2.30. The van der Waals surface area contributed by atoms with E-state index in [4.69, 9.17) is 14.7 Å². The van der Waals surface area contributed by atoms with Crippen molar-refractivity contribution in [3.05, 3.63) is 48.0 Å². The summed E-state index contributed by atoms with van der Waals surface area (Å²) in [5.41, 5.74) is 1.21. The summed E-state index contributed by atoms with van der Waals surface area (Å²) in [5, 5.41) is 11.8. The van der Waals surface area contributed by atoms with Gasteiger partial charge in [0, 0.05) is 11.0 Å². The van der Waals surface area contributed by atoms with Crippen molar-refractivity contribution in [3.63, 3.8) is 0 Å². The number of rotatable bonds is 6. The molecule has 0 bridgehead atoms. The molecule has 1 atom stereocenters. The first-order chi connectivity index (χ1) is 11.6. The molecule has 0 saturated heterocycles. The Morgan fingerprint density at radius 2 is 2.00 bits per heavy atom. The lowest BCUT2D eigenvalue weighted by Gasteiger charge is -2.17. The number of anilines is 1. The summed E-state index contributed by atoms with van der Waals surface area (Å²) < 4.78 is 10.9. The Kier molecular flexibility index (Phi) is 6.10. The third kappa shape index (κ3) is 4.21. The lowest BCUT2D eigenvalue weighted by molar-refractivity contribution is -0.122. The first-order valence-electron chi connectivity index (χ1n) is 7.27. The first-order valence-corrected chi connectivity index (χ1v) is 8.50. The zero-order valence-corrected chi connectivity index (χ0v) is 14.5. The van der Waals surface area contributed by atoms with E-state index in [2.05, 4.69) is 5.32 Å². The molecule has 0 radical (unpaired) electrons. The maximum atomic E-state index is 12.4. The lowest BCUT2D eigenvalue weighted by atomic mass is 10.2. The smallest absolute Gasteiger partial charge is 0.265 e. The first kappa shape index (κ1) is 17.7. The monoisotopic (exact) mass is 342 g/mol. The van der Waals surface area contributed by atoms with Gasteiger partial charge >= 0.3 is 0 Å². The fourth-order valence-corrected chi connectivity index (χ4v) is 2.61. The van der Waals surface area contributed by atoms with Crippen LogP contribution in [0.3, 0.4) is 0 Å². The molecule has 0 aliphatic heterocycles. The zero-order valence-electron chi connectivity index (χ0n) is 13.7. The molecule has 0 saturated carbocycles. The van der Waals surface area contributed by atoms with Crippen LogP contribution in [-0.4, -0.2) is 25.4 Å². The number of nitrogens with zero attached hydrogens (tertiary/aromatic N) is 1. The van der Waals surface area contributed by atoms with Crippen molar-refractivity contribution in [2.45, 2.75) is 17.9 Å². The van der Waals surface area contributed by atoms with Crippen molar-refractivity contribution in [3.8, 4) is 17.6 Å². The Morgan fingerprint density at radius 3 is 2.67 bits per heavy atom. The van der Waals surface area contributed by atoms with Crippen LogP contribution in [0.2, 0.25) is 0 Å². The molecule has 0 aromatic heterocycles. The molecule has 6 heteroatoms. The van der Waals surface area contributed by atoms with E-state index in [0.717, 1.165) is 10.6 Å². The Hall–Kier alpha value is -2.65. The standard InChI is InChI=1S/C18H18N2O3S/c1-12(18(21)20-14-6-4-5-7-17(14)24-3)23-15-9-8-13(11-19)10-16(15)22-2/h4-10,12H,1-3H3,(H,20,21). The Bertz CT molecular complexity index is 771. The predicted octanol–water partition coefficient (Wildman–Crippen LogP) is 3.69. The summed E-state index contributed by atoms with van der Waals surface area (Å²) in [7, 11) is 1.49. The third-order valence-electron chi connectivity index (χ3n) is 3.33. The third-order valence-corrected chi connectivity index (χ3v) is 4.13. The minimum absolute atomic E-state index is 0.261. The van der Waals surface area contributed by atoms with Crippen molar-refractivity contribution in [1.82, 2.24) is 0 Å². The van der Waals surface area contributed by atoms with Gasteiger partial charge in [-0.2, -0.15) is 5.26 Å². The van der Waals surface area contributed by atoms with Crippen LogP contribution in [0.25, 0.3) is 0 Å². The topological polar surface area (TPSA) is 71.3 Å². The molecule has 0 aliphatic rings. The van der Waals surface area contributed by atoms with Gasteiger partial charge in [-0.05, 0) is 37.4 Å². The summed E-state index contributed by atoms with van der Waals surface area (Å²) in [6.45, 7) is 1.66. The molecule has 2 rings (SSSR count). The van der Waals surface area contributed by atoms with Crippen LogP contribution in [-0.2, 0) is 4.79 Å². The molecule has 0 heterocycles. The van der Waals surface area contributed by atoms with Gasteiger partial charge in [0.1, 0.15) is 0 Å². The molecule has 2 aromatic rings. The Morgan fingerprint density at radius 1 is 1.25 bits per heavy atom. The molecular formula is C18H18N2O3S. The molecule has 0 fully saturated rings. The highest BCUT2D eigenvalue weighted by Gasteiger charge is 2.18. The average molecular weight is 342 g/mol. The predicted molar refractivity (Wildman–Crippen MR) is 94.7 cm³/mol. The Balaban J connectivity index is 2.11. The number of para-hydroxylation sites is 1. The molecule has 2 aromatic carbocycles. The summed E-state index contributed by atoms with van der Waals surface area (Å²) in [4.78, 5) is 13.3. The fourth-order valence-electron chi connectivity index (χ4n) is 2.06. The number of methoxy groups -OCH3 is 1. The molecule has 5 nitrogen and oxygen atoms in total. The van der Waals surface area contributed by atoms with E-state index in [1.54, 1.807) is 36.9 Å². The zero-order chi connectivity index (χ0) is 17.5. The molecule has 1 unspecified atom stereocenters. The van der Waals surface area contributed by atoms with Crippen LogP contribution in [0, 0.1) is 11.3 Å². The van der Waals surface area contributed by atoms with E-state index in [0.29, 0.717) is 17.1 Å². The number of carbonyl (C=O) groups excluding carboxylic acids is 1. The van der Waals surface area contributed by atoms with Crippen molar-refractivity contribution in [2.24, 2.45) is 0 Å². The van der Waals surface area contributed by atoms with Crippen molar-refractivity contribution >= 4 is 23.4 Å². The number of nitriles is 1. The second-order valence-electron chi connectivity index (χ2n) is 4.93. The van der Waals surface area contributed by atoms with Gasteiger partial charge in [-0.3, -0.25) is 4.79 Å². The number of ether oxygens (including phenoxy) is 2. The van der Waals surface area contributed by atoms with Crippen LogP contribution in [0.1, 0.15) is 12.5 Å². The number of carbonyl (C=O) groups is 1. The van der Waals surface area contributed by atoms with Crippen LogP contribution in [0.15, 0.2) is 47.4 Å². The van der Waals surface area contributed by atoms with E-state index < -0.39 is 6.10 Å². The summed E-state index contributed by atoms with van der Waals surface area (Å²) in [5.74, 6) is 0.568.